The standard InChI is InChI=1S/C25H22FN7O2/c26-21-9-15(1-3-17(21)11-27)23(19-13-29-30-14-19)33-24(34)16-2-4-18-12-28-25(32-22(18)10-16)31-20-5-7-35-8-6-20/h1-4,9-10,12-14,20,23H,5-8H2,(H,29,30)(H,33,34)(H,28,31,32). The number of nitriles is 1. The normalized spacial score (nSPS) is 14.9. The lowest BCUT2D eigenvalue weighted by Gasteiger charge is -2.23. The van der Waals surface area contributed by atoms with Crippen LogP contribution in [0.25, 0.3) is 10.9 Å². The number of anilines is 1. The molecule has 0 bridgehead atoms. The van der Waals surface area contributed by atoms with Crippen LogP contribution in [0.3, 0.4) is 0 Å². The number of amides is 1. The van der Waals surface area contributed by atoms with Crippen LogP contribution in [0.4, 0.5) is 10.3 Å². The maximum Gasteiger partial charge on any atom is 0.252 e. The number of halogens is 1. The minimum absolute atomic E-state index is 0.0644. The molecule has 3 heterocycles. The van der Waals surface area contributed by atoms with Crippen LogP contribution in [-0.2, 0) is 4.74 Å². The number of aromatic nitrogens is 4. The Hall–Kier alpha value is -4.36. The third-order valence-electron chi connectivity index (χ3n) is 5.97. The summed E-state index contributed by atoms with van der Waals surface area (Å²) in [4.78, 5) is 22.2. The van der Waals surface area contributed by atoms with E-state index in [0.29, 0.717) is 41.4 Å². The van der Waals surface area contributed by atoms with E-state index in [1.807, 2.05) is 0 Å². The number of nitrogens with zero attached hydrogens (tertiary/aromatic N) is 4. The summed E-state index contributed by atoms with van der Waals surface area (Å²) >= 11 is 0. The summed E-state index contributed by atoms with van der Waals surface area (Å²) in [6.07, 6.45) is 6.68. The van der Waals surface area contributed by atoms with Crippen LogP contribution in [0.5, 0.6) is 0 Å². The molecule has 35 heavy (non-hydrogen) atoms. The summed E-state index contributed by atoms with van der Waals surface area (Å²) in [7, 11) is 0. The van der Waals surface area contributed by atoms with Gasteiger partial charge in [0.1, 0.15) is 11.9 Å². The van der Waals surface area contributed by atoms with Crippen molar-refractivity contribution in [3.8, 4) is 6.07 Å². The maximum absolute atomic E-state index is 14.3. The van der Waals surface area contributed by atoms with E-state index in [9.17, 15) is 9.18 Å². The first kappa shape index (κ1) is 22.4. The molecule has 1 unspecified atom stereocenters. The molecule has 2 aromatic heterocycles. The second kappa shape index (κ2) is 9.87. The van der Waals surface area contributed by atoms with E-state index in [4.69, 9.17) is 10.00 Å². The van der Waals surface area contributed by atoms with Crippen LogP contribution in [0.2, 0.25) is 0 Å². The van der Waals surface area contributed by atoms with E-state index in [2.05, 4.69) is 30.8 Å². The van der Waals surface area contributed by atoms with E-state index in [1.54, 1.807) is 48.9 Å². The Kier molecular flexibility index (Phi) is 6.32. The molecule has 9 nitrogen and oxygen atoms in total. The molecule has 1 amide bonds. The van der Waals surface area contributed by atoms with Crippen LogP contribution in [-0.4, -0.2) is 45.3 Å². The molecule has 1 saturated heterocycles. The second-order valence-electron chi connectivity index (χ2n) is 8.29. The Labute approximate surface area is 200 Å². The summed E-state index contributed by atoms with van der Waals surface area (Å²) in [5, 5.41) is 22.8. The van der Waals surface area contributed by atoms with Crippen LogP contribution in [0.1, 0.15) is 45.9 Å². The summed E-state index contributed by atoms with van der Waals surface area (Å²) < 4.78 is 19.7. The SMILES string of the molecule is N#Cc1ccc(C(NC(=O)c2ccc3cnc(NC4CCOCC4)nc3c2)c2cn[nH]c2)cc1F. The first-order valence-corrected chi connectivity index (χ1v) is 11.2. The Morgan fingerprint density at radius 2 is 2.03 bits per heavy atom. The first-order chi connectivity index (χ1) is 17.1. The Bertz CT molecular complexity index is 1390. The van der Waals surface area contributed by atoms with Crippen LogP contribution >= 0.6 is 0 Å². The number of carbonyl (C=O) groups excluding carboxylic acids is 1. The number of H-pyrrole nitrogens is 1. The zero-order valence-electron chi connectivity index (χ0n) is 18.7. The third kappa shape index (κ3) is 4.95. The molecule has 5 rings (SSSR count). The highest BCUT2D eigenvalue weighted by atomic mass is 19.1. The van der Waals surface area contributed by atoms with Crippen molar-refractivity contribution in [2.24, 2.45) is 0 Å². The van der Waals surface area contributed by atoms with Gasteiger partial charge in [0.2, 0.25) is 5.95 Å². The van der Waals surface area contributed by atoms with E-state index in [1.165, 1.54) is 12.1 Å². The van der Waals surface area contributed by atoms with Gasteiger partial charge in [-0.2, -0.15) is 10.4 Å². The molecule has 0 aliphatic carbocycles. The van der Waals surface area contributed by atoms with Crippen molar-refractivity contribution in [2.45, 2.75) is 24.9 Å². The van der Waals surface area contributed by atoms with Crippen molar-refractivity contribution < 1.29 is 13.9 Å². The Morgan fingerprint density at radius 1 is 1.17 bits per heavy atom. The van der Waals surface area contributed by atoms with Crippen molar-refractivity contribution in [3.63, 3.8) is 0 Å². The molecule has 1 fully saturated rings. The molecule has 4 aromatic rings. The van der Waals surface area contributed by atoms with Gasteiger partial charge in [0.25, 0.3) is 5.91 Å². The minimum Gasteiger partial charge on any atom is -0.381 e. The highest BCUT2D eigenvalue weighted by Crippen LogP contribution is 2.24. The van der Waals surface area contributed by atoms with Gasteiger partial charge in [-0.15, -0.1) is 0 Å². The van der Waals surface area contributed by atoms with Gasteiger partial charge in [-0.3, -0.25) is 9.89 Å². The predicted octanol–water partition coefficient (Wildman–Crippen LogP) is 3.47. The van der Waals surface area contributed by atoms with Crippen molar-refractivity contribution >= 4 is 22.8 Å². The van der Waals surface area contributed by atoms with Crippen molar-refractivity contribution in [1.29, 1.82) is 5.26 Å². The fourth-order valence-electron chi connectivity index (χ4n) is 4.05. The molecule has 2 aromatic carbocycles. The first-order valence-electron chi connectivity index (χ1n) is 11.2. The number of rotatable bonds is 6. The topological polar surface area (TPSA) is 129 Å². The molecule has 1 aliphatic heterocycles. The lowest BCUT2D eigenvalue weighted by atomic mass is 9.99. The van der Waals surface area contributed by atoms with Crippen LogP contribution < -0.4 is 10.6 Å². The van der Waals surface area contributed by atoms with Crippen molar-refractivity contribution in [2.75, 3.05) is 18.5 Å². The number of hydrogen-bond donors (Lipinski definition) is 3. The third-order valence-corrected chi connectivity index (χ3v) is 5.97. The number of hydrogen-bond acceptors (Lipinski definition) is 7. The number of aromatic amines is 1. The number of ether oxygens (including phenoxy) is 1. The largest absolute Gasteiger partial charge is 0.381 e. The van der Waals surface area contributed by atoms with Crippen molar-refractivity contribution in [3.05, 3.63) is 83.1 Å². The van der Waals surface area contributed by atoms with Gasteiger partial charge < -0.3 is 15.4 Å². The Balaban J connectivity index is 1.40. The predicted molar refractivity (Wildman–Crippen MR) is 126 cm³/mol. The number of benzene rings is 2. The van der Waals surface area contributed by atoms with E-state index < -0.39 is 11.9 Å². The highest BCUT2D eigenvalue weighted by Gasteiger charge is 2.21. The number of carbonyl (C=O) groups is 1. The number of fused-ring (bicyclic) bond motifs is 1. The molecule has 1 atom stereocenters. The average Bonchev–Trinajstić information content (AvgIpc) is 3.42. The van der Waals surface area contributed by atoms with Gasteiger partial charge >= 0.3 is 0 Å². The lowest BCUT2D eigenvalue weighted by Crippen LogP contribution is -2.29. The summed E-state index contributed by atoms with van der Waals surface area (Å²) in [6, 6.07) is 10.8. The average molecular weight is 471 g/mol. The summed E-state index contributed by atoms with van der Waals surface area (Å²) in [6.45, 7) is 1.41. The fourth-order valence-corrected chi connectivity index (χ4v) is 4.05. The second-order valence-corrected chi connectivity index (χ2v) is 8.29. The molecular weight excluding hydrogens is 449 g/mol. The van der Waals surface area contributed by atoms with E-state index >= 15 is 0 Å². The maximum atomic E-state index is 14.3. The molecule has 10 heteroatoms. The van der Waals surface area contributed by atoms with Gasteiger partial charge in [-0.05, 0) is 42.7 Å². The quantitative estimate of drug-likeness (QED) is 0.393. The monoisotopic (exact) mass is 471 g/mol. The van der Waals surface area contributed by atoms with Gasteiger partial charge in [0.15, 0.2) is 0 Å². The summed E-state index contributed by atoms with van der Waals surface area (Å²) in [5.74, 6) is -0.508. The minimum atomic E-state index is -0.671. The number of nitrogens with one attached hydrogen (secondary N) is 3. The van der Waals surface area contributed by atoms with E-state index in [-0.39, 0.29) is 17.5 Å². The zero-order valence-corrected chi connectivity index (χ0v) is 18.7. The zero-order chi connectivity index (χ0) is 24.2. The molecule has 0 radical (unpaired) electrons. The lowest BCUT2D eigenvalue weighted by molar-refractivity contribution is 0.0903. The highest BCUT2D eigenvalue weighted by molar-refractivity contribution is 5.98. The molecule has 1 aliphatic rings. The van der Waals surface area contributed by atoms with Gasteiger partial charge in [0.05, 0.1) is 23.3 Å². The smallest absolute Gasteiger partial charge is 0.252 e. The molecule has 3 N–H and O–H groups in total. The van der Waals surface area contributed by atoms with Crippen LogP contribution in [0.15, 0.2) is 55.0 Å². The molecule has 176 valence electrons. The molecular formula is C25H22FN7O2. The summed E-state index contributed by atoms with van der Waals surface area (Å²) in [5.41, 5.74) is 2.10. The van der Waals surface area contributed by atoms with Crippen molar-refractivity contribution in [1.82, 2.24) is 25.5 Å². The van der Waals surface area contributed by atoms with Gasteiger partial charge in [-0.25, -0.2) is 14.4 Å². The molecule has 0 saturated carbocycles. The van der Waals surface area contributed by atoms with Gasteiger partial charge in [-0.1, -0.05) is 12.1 Å². The van der Waals surface area contributed by atoms with E-state index in [0.717, 1.165) is 18.2 Å². The van der Waals surface area contributed by atoms with Gasteiger partial charge in [0, 0.05) is 48.2 Å². The fraction of sp³-hybridized carbons (Fsp3) is 0.240. The molecule has 0 spiro atoms. The Morgan fingerprint density at radius 3 is 2.77 bits per heavy atom. The van der Waals surface area contributed by atoms with Crippen LogP contribution in [0, 0.1) is 17.1 Å².